The summed E-state index contributed by atoms with van der Waals surface area (Å²) < 4.78 is 6.28. The molecule has 1 aromatic rings. The van der Waals surface area contributed by atoms with Crippen LogP contribution >= 0.6 is 0 Å². The summed E-state index contributed by atoms with van der Waals surface area (Å²) in [4.78, 5) is 22.8. The standard InChI is InChI=1S/C12H19N3O3/c1-8(2)15-7-9(13)6-10(15)12(17)14-5-4-11(16)18-3/h6-8H,4-5,13H2,1-3H3,(H,14,17). The fraction of sp³-hybridized carbons (Fsp3) is 0.500. The predicted octanol–water partition coefficient (Wildman–Crippen LogP) is 0.944. The number of aromatic nitrogens is 1. The summed E-state index contributed by atoms with van der Waals surface area (Å²) in [6.07, 6.45) is 1.87. The van der Waals surface area contributed by atoms with Gasteiger partial charge in [-0.1, -0.05) is 0 Å². The van der Waals surface area contributed by atoms with Crippen molar-refractivity contribution in [3.8, 4) is 0 Å². The van der Waals surface area contributed by atoms with Gasteiger partial charge < -0.3 is 20.4 Å². The van der Waals surface area contributed by atoms with Gasteiger partial charge in [0.15, 0.2) is 0 Å². The number of nitrogens with zero attached hydrogens (tertiary/aromatic N) is 1. The summed E-state index contributed by atoms with van der Waals surface area (Å²) in [5.41, 5.74) is 6.71. The molecule has 100 valence electrons. The second kappa shape index (κ2) is 6.09. The lowest BCUT2D eigenvalue weighted by atomic mass is 10.3. The topological polar surface area (TPSA) is 86.3 Å². The van der Waals surface area contributed by atoms with E-state index in [-0.39, 0.29) is 30.9 Å². The van der Waals surface area contributed by atoms with Crippen molar-refractivity contribution in [2.75, 3.05) is 19.4 Å². The van der Waals surface area contributed by atoms with Crippen LogP contribution in [0.2, 0.25) is 0 Å². The molecule has 6 heteroatoms. The van der Waals surface area contributed by atoms with Gasteiger partial charge in [-0.2, -0.15) is 0 Å². The van der Waals surface area contributed by atoms with Gasteiger partial charge in [-0.05, 0) is 19.9 Å². The summed E-state index contributed by atoms with van der Waals surface area (Å²) in [5, 5.41) is 2.66. The molecular weight excluding hydrogens is 234 g/mol. The predicted molar refractivity (Wildman–Crippen MR) is 68.2 cm³/mol. The number of esters is 1. The Bertz CT molecular complexity index is 438. The number of nitrogen functional groups attached to an aromatic ring is 1. The molecule has 0 aliphatic heterocycles. The summed E-state index contributed by atoms with van der Waals surface area (Å²) in [6.45, 7) is 4.17. The van der Waals surface area contributed by atoms with E-state index in [0.29, 0.717) is 11.4 Å². The number of nitrogens with one attached hydrogen (secondary N) is 1. The molecule has 0 bridgehead atoms. The number of rotatable bonds is 5. The average molecular weight is 253 g/mol. The van der Waals surface area contributed by atoms with Crippen LogP contribution < -0.4 is 11.1 Å². The van der Waals surface area contributed by atoms with Gasteiger partial charge in [0.1, 0.15) is 5.69 Å². The molecular formula is C12H19N3O3. The zero-order valence-corrected chi connectivity index (χ0v) is 10.9. The molecule has 1 rings (SSSR count). The second-order valence-corrected chi connectivity index (χ2v) is 4.24. The van der Waals surface area contributed by atoms with Crippen molar-refractivity contribution < 1.29 is 14.3 Å². The van der Waals surface area contributed by atoms with E-state index in [4.69, 9.17) is 5.73 Å². The summed E-state index contributed by atoms with van der Waals surface area (Å²) in [5.74, 6) is -0.599. The molecule has 0 aliphatic rings. The van der Waals surface area contributed by atoms with E-state index in [1.165, 1.54) is 7.11 Å². The zero-order valence-electron chi connectivity index (χ0n) is 10.9. The number of methoxy groups -OCH3 is 1. The highest BCUT2D eigenvalue weighted by Gasteiger charge is 2.14. The Kier molecular flexibility index (Phi) is 4.76. The van der Waals surface area contributed by atoms with Crippen LogP contribution in [-0.2, 0) is 9.53 Å². The normalized spacial score (nSPS) is 10.4. The molecule has 0 aromatic carbocycles. The first-order valence-electron chi connectivity index (χ1n) is 5.78. The van der Waals surface area contributed by atoms with Gasteiger partial charge in [0.2, 0.25) is 0 Å². The van der Waals surface area contributed by atoms with Crippen molar-refractivity contribution in [3.63, 3.8) is 0 Å². The van der Waals surface area contributed by atoms with E-state index in [9.17, 15) is 9.59 Å². The Morgan fingerprint density at radius 1 is 1.50 bits per heavy atom. The average Bonchev–Trinajstić information content (AvgIpc) is 2.71. The van der Waals surface area contributed by atoms with Crippen LogP contribution in [0.5, 0.6) is 0 Å². The minimum Gasteiger partial charge on any atom is -0.469 e. The van der Waals surface area contributed by atoms with Gasteiger partial charge in [-0.3, -0.25) is 9.59 Å². The fourth-order valence-electron chi connectivity index (χ4n) is 1.58. The third-order valence-electron chi connectivity index (χ3n) is 2.50. The lowest BCUT2D eigenvalue weighted by molar-refractivity contribution is -0.140. The Hall–Kier alpha value is -1.98. The smallest absolute Gasteiger partial charge is 0.307 e. The summed E-state index contributed by atoms with van der Waals surface area (Å²) in [7, 11) is 1.31. The van der Waals surface area contributed by atoms with Crippen LogP contribution in [-0.4, -0.2) is 30.1 Å². The van der Waals surface area contributed by atoms with Gasteiger partial charge >= 0.3 is 5.97 Å². The molecule has 0 aliphatic carbocycles. The quantitative estimate of drug-likeness (QED) is 0.765. The van der Waals surface area contributed by atoms with Crippen LogP contribution in [0, 0.1) is 0 Å². The highest BCUT2D eigenvalue weighted by atomic mass is 16.5. The number of amides is 1. The number of hydrogen-bond acceptors (Lipinski definition) is 4. The van der Waals surface area contributed by atoms with E-state index in [0.717, 1.165) is 0 Å². The molecule has 0 atom stereocenters. The third kappa shape index (κ3) is 3.51. The fourth-order valence-corrected chi connectivity index (χ4v) is 1.58. The number of hydrogen-bond donors (Lipinski definition) is 2. The Morgan fingerprint density at radius 2 is 2.17 bits per heavy atom. The molecule has 1 heterocycles. The van der Waals surface area contributed by atoms with Gasteiger partial charge in [0.25, 0.3) is 5.91 Å². The highest BCUT2D eigenvalue weighted by molar-refractivity contribution is 5.94. The largest absolute Gasteiger partial charge is 0.469 e. The number of carbonyl (C=O) groups excluding carboxylic acids is 2. The Labute approximate surface area is 106 Å². The first kappa shape index (κ1) is 14.1. The van der Waals surface area contributed by atoms with Gasteiger partial charge in [0, 0.05) is 18.8 Å². The second-order valence-electron chi connectivity index (χ2n) is 4.24. The molecule has 0 fully saturated rings. The van der Waals surface area contributed by atoms with Crippen molar-refractivity contribution in [2.24, 2.45) is 0 Å². The highest BCUT2D eigenvalue weighted by Crippen LogP contribution is 2.16. The maximum Gasteiger partial charge on any atom is 0.307 e. The number of carbonyl (C=O) groups is 2. The van der Waals surface area contributed by atoms with Crippen LogP contribution in [0.4, 0.5) is 5.69 Å². The SMILES string of the molecule is COC(=O)CCNC(=O)c1cc(N)cn1C(C)C. The van der Waals surface area contributed by atoms with Crippen molar-refractivity contribution in [1.29, 1.82) is 0 Å². The maximum atomic E-state index is 11.9. The maximum absolute atomic E-state index is 11.9. The van der Waals surface area contributed by atoms with Crippen molar-refractivity contribution >= 4 is 17.6 Å². The summed E-state index contributed by atoms with van der Waals surface area (Å²) in [6, 6.07) is 1.76. The van der Waals surface area contributed by atoms with Crippen LogP contribution in [0.1, 0.15) is 36.8 Å². The van der Waals surface area contributed by atoms with Crippen molar-refractivity contribution in [2.45, 2.75) is 26.3 Å². The molecule has 0 spiro atoms. The minimum atomic E-state index is -0.353. The molecule has 1 aromatic heterocycles. The summed E-state index contributed by atoms with van der Waals surface area (Å²) >= 11 is 0. The van der Waals surface area contributed by atoms with E-state index < -0.39 is 0 Å². The minimum absolute atomic E-state index is 0.142. The third-order valence-corrected chi connectivity index (χ3v) is 2.50. The van der Waals surface area contributed by atoms with E-state index in [1.807, 2.05) is 13.8 Å². The monoisotopic (exact) mass is 253 g/mol. The number of anilines is 1. The molecule has 0 saturated heterocycles. The van der Waals surface area contributed by atoms with Crippen LogP contribution in [0.3, 0.4) is 0 Å². The first-order chi connectivity index (χ1) is 8.45. The van der Waals surface area contributed by atoms with E-state index in [2.05, 4.69) is 10.1 Å². The molecule has 1 amide bonds. The van der Waals surface area contributed by atoms with E-state index in [1.54, 1.807) is 16.8 Å². The Morgan fingerprint density at radius 3 is 2.72 bits per heavy atom. The van der Waals surface area contributed by atoms with Gasteiger partial charge in [-0.25, -0.2) is 0 Å². The van der Waals surface area contributed by atoms with Gasteiger partial charge in [-0.15, -0.1) is 0 Å². The molecule has 6 nitrogen and oxygen atoms in total. The first-order valence-corrected chi connectivity index (χ1v) is 5.78. The number of nitrogens with two attached hydrogens (primary N) is 1. The van der Waals surface area contributed by atoms with Gasteiger partial charge in [0.05, 0.1) is 19.2 Å². The lowest BCUT2D eigenvalue weighted by Crippen LogP contribution is -2.28. The van der Waals surface area contributed by atoms with Crippen LogP contribution in [0.15, 0.2) is 12.3 Å². The van der Waals surface area contributed by atoms with Crippen molar-refractivity contribution in [1.82, 2.24) is 9.88 Å². The van der Waals surface area contributed by atoms with Crippen LogP contribution in [0.25, 0.3) is 0 Å². The number of ether oxygens (including phenoxy) is 1. The molecule has 0 unspecified atom stereocenters. The lowest BCUT2D eigenvalue weighted by Gasteiger charge is -2.12. The zero-order chi connectivity index (χ0) is 13.7. The molecule has 18 heavy (non-hydrogen) atoms. The Balaban J connectivity index is 2.64. The molecule has 0 saturated carbocycles. The molecule has 0 radical (unpaired) electrons. The van der Waals surface area contributed by atoms with E-state index >= 15 is 0 Å². The molecule has 3 N–H and O–H groups in total. The van der Waals surface area contributed by atoms with Crippen molar-refractivity contribution in [3.05, 3.63) is 18.0 Å².